The van der Waals surface area contributed by atoms with E-state index >= 15 is 0 Å². The van der Waals surface area contributed by atoms with Crippen LogP contribution in [0.25, 0.3) is 0 Å². The van der Waals surface area contributed by atoms with E-state index in [2.05, 4.69) is 0 Å². The Balaban J connectivity index is 2.48. The third-order valence-electron chi connectivity index (χ3n) is 3.69. The first-order chi connectivity index (χ1) is 10.6. The average Bonchev–Trinajstić information content (AvgIpc) is 2.79. The van der Waals surface area contributed by atoms with Gasteiger partial charge in [0.15, 0.2) is 9.84 Å². The van der Waals surface area contributed by atoms with Gasteiger partial charge in [-0.15, -0.1) is 0 Å². The van der Waals surface area contributed by atoms with Gasteiger partial charge in [0.1, 0.15) is 4.90 Å². The zero-order valence-electron chi connectivity index (χ0n) is 12.3. The molecule has 1 aliphatic rings. The van der Waals surface area contributed by atoms with Crippen molar-refractivity contribution in [3.8, 4) is 0 Å². The van der Waals surface area contributed by atoms with Gasteiger partial charge in [-0.3, -0.25) is 0 Å². The van der Waals surface area contributed by atoms with E-state index < -0.39 is 31.9 Å². The fourth-order valence-corrected chi connectivity index (χ4v) is 6.58. The number of nitrogens with zero attached hydrogens (tertiary/aromatic N) is 1. The van der Waals surface area contributed by atoms with E-state index in [9.17, 15) is 21.6 Å². The van der Waals surface area contributed by atoms with Crippen LogP contribution in [0.5, 0.6) is 0 Å². The van der Waals surface area contributed by atoms with Gasteiger partial charge in [0, 0.05) is 12.6 Å². The van der Waals surface area contributed by atoms with Gasteiger partial charge >= 0.3 is 5.97 Å². The number of hydrogen-bond donors (Lipinski definition) is 1. The Morgan fingerprint density at radius 2 is 2.09 bits per heavy atom. The predicted octanol–water partition coefficient (Wildman–Crippen LogP) is 1.24. The molecule has 10 heteroatoms. The van der Waals surface area contributed by atoms with Crippen LogP contribution in [0.15, 0.2) is 23.1 Å². The number of rotatable bonds is 5. The first kappa shape index (κ1) is 18.2. The number of carboxylic acid groups (broad SMARTS) is 1. The second kappa shape index (κ2) is 6.39. The predicted molar refractivity (Wildman–Crippen MR) is 85.0 cm³/mol. The van der Waals surface area contributed by atoms with E-state index in [0.29, 0.717) is 0 Å². The van der Waals surface area contributed by atoms with E-state index in [0.717, 1.165) is 10.4 Å². The Bertz CT molecular complexity index is 834. The second-order valence-electron chi connectivity index (χ2n) is 5.22. The molecule has 1 heterocycles. The fraction of sp³-hybridized carbons (Fsp3) is 0.462. The van der Waals surface area contributed by atoms with Crippen LogP contribution in [-0.4, -0.2) is 56.3 Å². The zero-order valence-corrected chi connectivity index (χ0v) is 14.7. The Labute approximate surface area is 139 Å². The van der Waals surface area contributed by atoms with Crippen molar-refractivity contribution >= 4 is 37.4 Å². The number of halogens is 1. The molecule has 1 aromatic rings. The lowest BCUT2D eigenvalue weighted by molar-refractivity contribution is 0.0696. The molecule has 2 rings (SSSR count). The summed E-state index contributed by atoms with van der Waals surface area (Å²) >= 11 is 5.93. The molecule has 7 nitrogen and oxygen atoms in total. The Kier molecular flexibility index (Phi) is 5.05. The molecule has 1 fully saturated rings. The van der Waals surface area contributed by atoms with Crippen molar-refractivity contribution in [2.45, 2.75) is 24.3 Å². The lowest BCUT2D eigenvalue weighted by atomic mass is 10.2. The van der Waals surface area contributed by atoms with E-state index in [1.165, 1.54) is 12.1 Å². The number of hydrogen-bond acceptors (Lipinski definition) is 5. The molecule has 0 aliphatic carbocycles. The van der Waals surface area contributed by atoms with Gasteiger partial charge in [0.05, 0.1) is 22.1 Å². The Morgan fingerprint density at radius 1 is 1.43 bits per heavy atom. The highest BCUT2D eigenvalue weighted by Gasteiger charge is 2.38. The standard InChI is InChI=1S/C13H16ClNO6S2/c1-2-15(10-5-6-22(18,19)8-10)23(20,21)12-7-9(13(16)17)3-4-11(12)14/h3-4,7,10H,2,5-6,8H2,1H3,(H,16,17)/t10-/m0/s1. The molecule has 0 bridgehead atoms. The summed E-state index contributed by atoms with van der Waals surface area (Å²) in [5, 5.41) is 8.91. The van der Waals surface area contributed by atoms with Crippen molar-refractivity contribution in [2.75, 3.05) is 18.1 Å². The summed E-state index contributed by atoms with van der Waals surface area (Å²) in [7, 11) is -7.36. The molecule has 1 aliphatic heterocycles. The molecule has 0 radical (unpaired) electrons. The zero-order chi connectivity index (χ0) is 17.4. The topological polar surface area (TPSA) is 109 Å². The summed E-state index contributed by atoms with van der Waals surface area (Å²) in [4.78, 5) is 10.7. The molecule has 23 heavy (non-hydrogen) atoms. The van der Waals surface area contributed by atoms with Crippen LogP contribution >= 0.6 is 11.6 Å². The summed E-state index contributed by atoms with van der Waals surface area (Å²) < 4.78 is 49.9. The van der Waals surface area contributed by atoms with Gasteiger partial charge in [-0.25, -0.2) is 21.6 Å². The molecule has 1 aromatic carbocycles. The van der Waals surface area contributed by atoms with E-state index in [1.807, 2.05) is 0 Å². The highest BCUT2D eigenvalue weighted by atomic mass is 35.5. The maximum Gasteiger partial charge on any atom is 0.335 e. The van der Waals surface area contributed by atoms with Gasteiger partial charge in [0.25, 0.3) is 0 Å². The van der Waals surface area contributed by atoms with Crippen molar-refractivity contribution < 1.29 is 26.7 Å². The molecule has 0 aromatic heterocycles. The van der Waals surface area contributed by atoms with Crippen molar-refractivity contribution in [3.63, 3.8) is 0 Å². The van der Waals surface area contributed by atoms with Crippen molar-refractivity contribution in [3.05, 3.63) is 28.8 Å². The number of sulfonamides is 1. The minimum Gasteiger partial charge on any atom is -0.478 e. The van der Waals surface area contributed by atoms with Crippen LogP contribution in [0.2, 0.25) is 5.02 Å². The van der Waals surface area contributed by atoms with Crippen LogP contribution < -0.4 is 0 Å². The van der Waals surface area contributed by atoms with Crippen LogP contribution in [-0.2, 0) is 19.9 Å². The minimum absolute atomic E-state index is 0.0629. The Morgan fingerprint density at radius 3 is 2.57 bits per heavy atom. The molecular weight excluding hydrogens is 366 g/mol. The first-order valence-electron chi connectivity index (χ1n) is 6.83. The largest absolute Gasteiger partial charge is 0.478 e. The van der Waals surface area contributed by atoms with Gasteiger partial charge < -0.3 is 5.11 Å². The van der Waals surface area contributed by atoms with Crippen molar-refractivity contribution in [1.29, 1.82) is 0 Å². The molecule has 1 saturated heterocycles. The van der Waals surface area contributed by atoms with Crippen LogP contribution in [0.1, 0.15) is 23.7 Å². The third kappa shape index (κ3) is 3.68. The number of carboxylic acids is 1. The van der Waals surface area contributed by atoms with Gasteiger partial charge in [0.2, 0.25) is 10.0 Å². The van der Waals surface area contributed by atoms with Gasteiger partial charge in [-0.05, 0) is 24.6 Å². The summed E-state index contributed by atoms with van der Waals surface area (Å²) in [5.41, 5.74) is -0.205. The second-order valence-corrected chi connectivity index (χ2v) is 9.71. The van der Waals surface area contributed by atoms with Crippen LogP contribution in [0, 0.1) is 0 Å². The molecule has 0 amide bonds. The van der Waals surface area contributed by atoms with Gasteiger partial charge in [-0.2, -0.15) is 4.31 Å². The summed E-state index contributed by atoms with van der Waals surface area (Å²) in [6.45, 7) is 1.66. The highest BCUT2D eigenvalue weighted by Crippen LogP contribution is 2.29. The maximum absolute atomic E-state index is 12.8. The van der Waals surface area contributed by atoms with E-state index in [4.69, 9.17) is 16.7 Å². The number of benzene rings is 1. The number of sulfone groups is 1. The van der Waals surface area contributed by atoms with Crippen LogP contribution in [0.4, 0.5) is 0 Å². The average molecular weight is 382 g/mol. The number of carbonyl (C=O) groups is 1. The van der Waals surface area contributed by atoms with Crippen molar-refractivity contribution in [2.24, 2.45) is 0 Å². The molecule has 1 N–H and O–H groups in total. The molecule has 0 saturated carbocycles. The quantitative estimate of drug-likeness (QED) is 0.821. The smallest absolute Gasteiger partial charge is 0.335 e. The normalized spacial score (nSPS) is 20.7. The monoisotopic (exact) mass is 381 g/mol. The minimum atomic E-state index is -4.10. The fourth-order valence-electron chi connectivity index (χ4n) is 2.59. The maximum atomic E-state index is 12.8. The Hall–Kier alpha value is -1.16. The molecular formula is C13H16ClNO6S2. The van der Waals surface area contributed by atoms with E-state index in [1.54, 1.807) is 6.92 Å². The molecule has 0 spiro atoms. The first-order valence-corrected chi connectivity index (χ1v) is 10.5. The summed E-state index contributed by atoms with van der Waals surface area (Å²) in [5.74, 6) is -1.58. The van der Waals surface area contributed by atoms with E-state index in [-0.39, 0.29) is 40.0 Å². The lowest BCUT2D eigenvalue weighted by Gasteiger charge is -2.26. The SMILES string of the molecule is CCN([C@H]1CCS(=O)(=O)C1)S(=O)(=O)c1cc(C(=O)O)ccc1Cl. The van der Waals surface area contributed by atoms with Crippen molar-refractivity contribution in [1.82, 2.24) is 4.31 Å². The third-order valence-corrected chi connectivity index (χ3v) is 7.95. The summed E-state index contributed by atoms with van der Waals surface area (Å²) in [6.07, 6.45) is 0.214. The molecule has 1 atom stereocenters. The lowest BCUT2D eigenvalue weighted by Crippen LogP contribution is -2.41. The van der Waals surface area contributed by atoms with Gasteiger partial charge in [-0.1, -0.05) is 18.5 Å². The molecule has 128 valence electrons. The highest BCUT2D eigenvalue weighted by molar-refractivity contribution is 7.92. The van der Waals surface area contributed by atoms with Crippen LogP contribution in [0.3, 0.4) is 0 Å². The summed E-state index contributed by atoms with van der Waals surface area (Å²) in [6, 6.07) is 2.74. The molecule has 0 unspecified atom stereocenters. The number of aromatic carboxylic acids is 1.